The highest BCUT2D eigenvalue weighted by molar-refractivity contribution is 5.94. The van der Waals surface area contributed by atoms with E-state index in [4.69, 9.17) is 0 Å². The smallest absolute Gasteiger partial charge is 0.357 e. The lowest BCUT2D eigenvalue weighted by atomic mass is 10.1. The molecule has 5 nitrogen and oxygen atoms in total. The minimum Gasteiger partial charge on any atom is -0.357 e. The van der Waals surface area contributed by atoms with Gasteiger partial charge in [0.15, 0.2) is 5.96 Å². The highest BCUT2D eigenvalue weighted by Crippen LogP contribution is 2.28. The van der Waals surface area contributed by atoms with Crippen LogP contribution in [0, 0.1) is 0 Å². The average Bonchev–Trinajstić information content (AvgIpc) is 2.55. The minimum atomic E-state index is -4.41. The number of halogens is 3. The molecule has 24 heavy (non-hydrogen) atoms. The number of amides is 1. The van der Waals surface area contributed by atoms with E-state index in [1.54, 1.807) is 6.08 Å². The van der Waals surface area contributed by atoms with Gasteiger partial charge in [0.1, 0.15) is 0 Å². The van der Waals surface area contributed by atoms with Gasteiger partial charge in [-0.3, -0.25) is 9.79 Å². The number of hydrogen-bond donors (Lipinski definition) is 3. The Morgan fingerprint density at radius 2 is 1.88 bits per heavy atom. The fourth-order valence-electron chi connectivity index (χ4n) is 1.76. The predicted octanol–water partition coefficient (Wildman–Crippen LogP) is 2.18. The first-order valence-corrected chi connectivity index (χ1v) is 7.47. The molecular weight excluding hydrogens is 321 g/mol. The Kier molecular flexibility index (Phi) is 7.81. The number of carbonyl (C=O) groups is 1. The molecule has 0 aromatic heterocycles. The van der Waals surface area contributed by atoms with Crippen molar-refractivity contribution in [2.24, 2.45) is 4.99 Å². The van der Waals surface area contributed by atoms with Crippen molar-refractivity contribution in [1.82, 2.24) is 16.0 Å². The van der Waals surface area contributed by atoms with Gasteiger partial charge in [0.2, 0.25) is 0 Å². The van der Waals surface area contributed by atoms with Crippen molar-refractivity contribution in [1.29, 1.82) is 0 Å². The standard InChI is InChI=1S/C16H21F3N4O/c1-3-9-22-15(20-4-2)23-11-10-21-14(24)12-5-7-13(8-6-12)16(17,18)19/h3,5-8H,1,4,9-11H2,2H3,(H,21,24)(H2,20,22,23). The summed E-state index contributed by atoms with van der Waals surface area (Å²) in [5, 5.41) is 8.65. The summed E-state index contributed by atoms with van der Waals surface area (Å²) < 4.78 is 37.4. The van der Waals surface area contributed by atoms with Crippen molar-refractivity contribution in [3.8, 4) is 0 Å². The molecule has 0 aliphatic carbocycles. The number of hydrogen-bond acceptors (Lipinski definition) is 2. The molecule has 1 aromatic carbocycles. The maximum absolute atomic E-state index is 12.5. The van der Waals surface area contributed by atoms with Crippen LogP contribution in [0.5, 0.6) is 0 Å². The quantitative estimate of drug-likeness (QED) is 0.308. The summed E-state index contributed by atoms with van der Waals surface area (Å²) in [5.41, 5.74) is -0.615. The van der Waals surface area contributed by atoms with Crippen molar-refractivity contribution in [3.05, 3.63) is 48.0 Å². The van der Waals surface area contributed by atoms with Gasteiger partial charge < -0.3 is 16.0 Å². The average molecular weight is 342 g/mol. The van der Waals surface area contributed by atoms with Crippen molar-refractivity contribution in [2.45, 2.75) is 13.1 Å². The predicted molar refractivity (Wildman–Crippen MR) is 88.0 cm³/mol. The van der Waals surface area contributed by atoms with Gasteiger partial charge in [0.05, 0.1) is 12.1 Å². The number of rotatable bonds is 7. The zero-order chi connectivity index (χ0) is 18.0. The van der Waals surface area contributed by atoms with E-state index in [0.717, 1.165) is 24.3 Å². The summed E-state index contributed by atoms with van der Waals surface area (Å²) in [6.07, 6.45) is -2.72. The second-order valence-corrected chi connectivity index (χ2v) is 4.76. The monoisotopic (exact) mass is 342 g/mol. The highest BCUT2D eigenvalue weighted by atomic mass is 19.4. The van der Waals surface area contributed by atoms with Gasteiger partial charge in [0.25, 0.3) is 5.91 Å². The normalized spacial score (nSPS) is 11.8. The molecule has 0 radical (unpaired) electrons. The molecule has 0 saturated heterocycles. The first-order chi connectivity index (χ1) is 11.4. The molecule has 0 atom stereocenters. The first-order valence-electron chi connectivity index (χ1n) is 7.47. The molecule has 0 unspecified atom stereocenters. The molecule has 0 fully saturated rings. The van der Waals surface area contributed by atoms with E-state index in [0.29, 0.717) is 25.6 Å². The first kappa shape index (κ1) is 19.5. The molecule has 0 heterocycles. The second-order valence-electron chi connectivity index (χ2n) is 4.76. The van der Waals surface area contributed by atoms with E-state index in [1.807, 2.05) is 6.92 Å². The molecular formula is C16H21F3N4O. The summed E-state index contributed by atoms with van der Waals surface area (Å²) in [5.74, 6) is 0.157. The summed E-state index contributed by atoms with van der Waals surface area (Å²) >= 11 is 0. The van der Waals surface area contributed by atoms with Crippen molar-refractivity contribution >= 4 is 11.9 Å². The second kappa shape index (κ2) is 9.59. The van der Waals surface area contributed by atoms with Gasteiger partial charge in [-0.2, -0.15) is 13.2 Å². The van der Waals surface area contributed by atoms with Crippen LogP contribution in [-0.4, -0.2) is 38.0 Å². The Morgan fingerprint density at radius 3 is 2.42 bits per heavy atom. The van der Waals surface area contributed by atoms with E-state index < -0.39 is 17.6 Å². The van der Waals surface area contributed by atoms with E-state index in [2.05, 4.69) is 27.5 Å². The van der Waals surface area contributed by atoms with E-state index in [-0.39, 0.29) is 12.1 Å². The Morgan fingerprint density at radius 1 is 1.21 bits per heavy atom. The van der Waals surface area contributed by atoms with Crippen molar-refractivity contribution < 1.29 is 18.0 Å². The Bertz CT molecular complexity index is 568. The van der Waals surface area contributed by atoms with E-state index in [1.165, 1.54) is 0 Å². The zero-order valence-corrected chi connectivity index (χ0v) is 13.4. The minimum absolute atomic E-state index is 0.170. The van der Waals surface area contributed by atoms with E-state index in [9.17, 15) is 18.0 Å². The van der Waals surface area contributed by atoms with Crippen LogP contribution in [0.3, 0.4) is 0 Å². The van der Waals surface area contributed by atoms with Crippen LogP contribution < -0.4 is 16.0 Å². The van der Waals surface area contributed by atoms with Crippen LogP contribution >= 0.6 is 0 Å². The van der Waals surface area contributed by atoms with Gasteiger partial charge in [-0.1, -0.05) is 6.08 Å². The van der Waals surface area contributed by atoms with Crippen LogP contribution in [0.1, 0.15) is 22.8 Å². The summed E-state index contributed by atoms with van der Waals surface area (Å²) in [6.45, 7) is 7.38. The Hall–Kier alpha value is -2.51. The molecule has 8 heteroatoms. The molecule has 0 aliphatic heterocycles. The van der Waals surface area contributed by atoms with Gasteiger partial charge in [-0.25, -0.2) is 0 Å². The number of benzene rings is 1. The lowest BCUT2D eigenvalue weighted by molar-refractivity contribution is -0.137. The van der Waals surface area contributed by atoms with Crippen LogP contribution in [0.15, 0.2) is 41.9 Å². The molecule has 0 saturated carbocycles. The molecule has 1 aromatic rings. The molecule has 3 N–H and O–H groups in total. The molecule has 0 aliphatic rings. The van der Waals surface area contributed by atoms with Gasteiger partial charge >= 0.3 is 6.18 Å². The lowest BCUT2D eigenvalue weighted by Gasteiger charge is -2.10. The number of nitrogens with one attached hydrogen (secondary N) is 3. The van der Waals surface area contributed by atoms with Crippen LogP contribution in [-0.2, 0) is 6.18 Å². The van der Waals surface area contributed by atoms with Crippen LogP contribution in [0.4, 0.5) is 13.2 Å². The number of nitrogens with zero attached hydrogens (tertiary/aromatic N) is 1. The van der Waals surface area contributed by atoms with Gasteiger partial charge in [-0.15, -0.1) is 6.58 Å². The summed E-state index contributed by atoms with van der Waals surface area (Å²) in [6, 6.07) is 4.07. The third kappa shape index (κ3) is 6.72. The lowest BCUT2D eigenvalue weighted by Crippen LogP contribution is -2.38. The summed E-state index contributed by atoms with van der Waals surface area (Å²) in [4.78, 5) is 16.1. The summed E-state index contributed by atoms with van der Waals surface area (Å²) in [7, 11) is 0. The number of alkyl halides is 3. The van der Waals surface area contributed by atoms with Crippen LogP contribution in [0.2, 0.25) is 0 Å². The third-order valence-electron chi connectivity index (χ3n) is 2.90. The SMILES string of the molecule is C=CCNC(=NCCNC(=O)c1ccc(C(F)(F)F)cc1)NCC. The molecule has 1 amide bonds. The zero-order valence-electron chi connectivity index (χ0n) is 13.4. The maximum atomic E-state index is 12.5. The van der Waals surface area contributed by atoms with Gasteiger partial charge in [0, 0.05) is 25.2 Å². The number of aliphatic imine (C=N–C) groups is 1. The molecule has 1 rings (SSSR count). The molecule has 132 valence electrons. The fraction of sp³-hybridized carbons (Fsp3) is 0.375. The topological polar surface area (TPSA) is 65.5 Å². The van der Waals surface area contributed by atoms with Gasteiger partial charge in [-0.05, 0) is 31.2 Å². The largest absolute Gasteiger partial charge is 0.416 e. The van der Waals surface area contributed by atoms with Crippen LogP contribution in [0.25, 0.3) is 0 Å². The number of guanidine groups is 1. The molecule has 0 bridgehead atoms. The Labute approximate surface area is 139 Å². The van der Waals surface area contributed by atoms with Crippen molar-refractivity contribution in [3.63, 3.8) is 0 Å². The van der Waals surface area contributed by atoms with E-state index >= 15 is 0 Å². The Balaban J connectivity index is 2.49. The number of carbonyl (C=O) groups excluding carboxylic acids is 1. The fourth-order valence-corrected chi connectivity index (χ4v) is 1.76. The molecule has 0 spiro atoms. The third-order valence-corrected chi connectivity index (χ3v) is 2.90. The highest BCUT2D eigenvalue weighted by Gasteiger charge is 2.30. The maximum Gasteiger partial charge on any atom is 0.416 e. The van der Waals surface area contributed by atoms with Crippen molar-refractivity contribution in [2.75, 3.05) is 26.2 Å².